The lowest BCUT2D eigenvalue weighted by molar-refractivity contribution is -0.117. The first-order valence-electron chi connectivity index (χ1n) is 6.06. The summed E-state index contributed by atoms with van der Waals surface area (Å²) in [6.45, 7) is 4.83. The lowest BCUT2D eigenvalue weighted by atomic mass is 10.3. The van der Waals surface area contributed by atoms with E-state index in [1.807, 2.05) is 10.4 Å². The number of carbonyl (C=O) groups excluding carboxylic acids is 1. The zero-order chi connectivity index (χ0) is 11.7. The van der Waals surface area contributed by atoms with Gasteiger partial charge in [-0.25, -0.2) is 4.98 Å². The third-order valence-electron chi connectivity index (χ3n) is 3.26. The van der Waals surface area contributed by atoms with Crippen molar-refractivity contribution in [2.75, 3.05) is 42.5 Å². The van der Waals surface area contributed by atoms with Crippen LogP contribution in [0.3, 0.4) is 0 Å². The number of hydrogen-bond donors (Lipinski definition) is 1. The Bertz CT molecular complexity index is 413. The van der Waals surface area contributed by atoms with Gasteiger partial charge in [0.15, 0.2) is 5.82 Å². The van der Waals surface area contributed by atoms with Crippen molar-refractivity contribution in [3.63, 3.8) is 0 Å². The van der Waals surface area contributed by atoms with Gasteiger partial charge in [0.05, 0.1) is 5.51 Å². The Hall–Kier alpha value is -1.14. The SMILES string of the molecule is O=C1CCCN1c1ncsc1N1CCNCC1. The largest absolute Gasteiger partial charge is 0.358 e. The summed E-state index contributed by atoms with van der Waals surface area (Å²) in [4.78, 5) is 20.3. The molecule has 1 amide bonds. The summed E-state index contributed by atoms with van der Waals surface area (Å²) in [6.07, 6.45) is 1.62. The third-order valence-corrected chi connectivity index (χ3v) is 4.14. The molecule has 0 aromatic carbocycles. The van der Waals surface area contributed by atoms with Crippen LogP contribution in [-0.2, 0) is 4.79 Å². The van der Waals surface area contributed by atoms with Crippen LogP contribution in [0.2, 0.25) is 0 Å². The molecule has 1 aromatic rings. The van der Waals surface area contributed by atoms with E-state index in [1.54, 1.807) is 11.3 Å². The molecule has 1 aromatic heterocycles. The van der Waals surface area contributed by atoms with Crippen LogP contribution in [-0.4, -0.2) is 43.6 Å². The van der Waals surface area contributed by atoms with Gasteiger partial charge in [-0.15, -0.1) is 11.3 Å². The Kier molecular flexibility index (Phi) is 2.98. The lowest BCUT2D eigenvalue weighted by Crippen LogP contribution is -2.43. The van der Waals surface area contributed by atoms with Crippen LogP contribution >= 0.6 is 11.3 Å². The molecule has 2 saturated heterocycles. The number of nitrogens with one attached hydrogen (secondary N) is 1. The number of aromatic nitrogens is 1. The average molecular weight is 252 g/mol. The summed E-state index contributed by atoms with van der Waals surface area (Å²) in [6, 6.07) is 0. The van der Waals surface area contributed by atoms with E-state index < -0.39 is 0 Å². The standard InChI is InChI=1S/C11H16N4OS/c16-9-2-1-5-15(9)10-11(17-8-13-10)14-6-3-12-4-7-14/h8,12H,1-7H2. The van der Waals surface area contributed by atoms with E-state index in [0.29, 0.717) is 6.42 Å². The summed E-state index contributed by atoms with van der Waals surface area (Å²) in [5, 5.41) is 4.49. The number of carbonyl (C=O) groups is 1. The number of hydrogen-bond acceptors (Lipinski definition) is 5. The first-order valence-corrected chi connectivity index (χ1v) is 6.94. The van der Waals surface area contributed by atoms with Crippen molar-refractivity contribution in [2.45, 2.75) is 12.8 Å². The van der Waals surface area contributed by atoms with E-state index in [1.165, 1.54) is 0 Å². The highest BCUT2D eigenvalue weighted by Crippen LogP contribution is 2.34. The lowest BCUT2D eigenvalue weighted by Gasteiger charge is -2.29. The molecule has 0 spiro atoms. The second kappa shape index (κ2) is 4.62. The van der Waals surface area contributed by atoms with Crippen molar-refractivity contribution in [1.29, 1.82) is 0 Å². The molecule has 0 aliphatic carbocycles. The fraction of sp³-hybridized carbons (Fsp3) is 0.636. The minimum Gasteiger partial charge on any atom is -0.358 e. The number of thiazole rings is 1. The molecule has 3 rings (SSSR count). The van der Waals surface area contributed by atoms with Gasteiger partial charge in [0.2, 0.25) is 5.91 Å². The second-order valence-electron chi connectivity index (χ2n) is 4.37. The van der Waals surface area contributed by atoms with Crippen LogP contribution in [0.1, 0.15) is 12.8 Å². The van der Waals surface area contributed by atoms with E-state index in [9.17, 15) is 4.79 Å². The molecule has 3 heterocycles. The topological polar surface area (TPSA) is 48.5 Å². The zero-order valence-corrected chi connectivity index (χ0v) is 10.5. The summed E-state index contributed by atoms with van der Waals surface area (Å²) in [7, 11) is 0. The monoisotopic (exact) mass is 252 g/mol. The van der Waals surface area contributed by atoms with Gasteiger partial charge in [-0.1, -0.05) is 0 Å². The smallest absolute Gasteiger partial charge is 0.228 e. The van der Waals surface area contributed by atoms with Crippen LogP contribution in [0.4, 0.5) is 10.8 Å². The number of nitrogens with zero attached hydrogens (tertiary/aromatic N) is 3. The van der Waals surface area contributed by atoms with E-state index >= 15 is 0 Å². The minimum atomic E-state index is 0.215. The van der Waals surface area contributed by atoms with Gasteiger partial charge in [0.25, 0.3) is 0 Å². The normalized spacial score (nSPS) is 21.3. The molecule has 2 fully saturated rings. The number of anilines is 2. The number of piperazine rings is 1. The Morgan fingerprint density at radius 1 is 1.29 bits per heavy atom. The summed E-state index contributed by atoms with van der Waals surface area (Å²) < 4.78 is 0. The molecule has 0 unspecified atom stereocenters. The quantitative estimate of drug-likeness (QED) is 0.841. The average Bonchev–Trinajstić information content (AvgIpc) is 2.98. The van der Waals surface area contributed by atoms with Crippen molar-refractivity contribution in [2.24, 2.45) is 0 Å². The first kappa shape index (κ1) is 11.0. The molecule has 6 heteroatoms. The predicted octanol–water partition coefficient (Wildman–Crippen LogP) is 0.679. The molecule has 0 saturated carbocycles. The number of amides is 1. The van der Waals surface area contributed by atoms with Gasteiger partial charge in [0, 0.05) is 39.1 Å². The van der Waals surface area contributed by atoms with Crippen LogP contribution in [0, 0.1) is 0 Å². The van der Waals surface area contributed by atoms with Crippen LogP contribution in [0.5, 0.6) is 0 Å². The molecule has 92 valence electrons. The molecule has 2 aliphatic rings. The van der Waals surface area contributed by atoms with Gasteiger partial charge >= 0.3 is 0 Å². The number of rotatable bonds is 2. The fourth-order valence-corrected chi connectivity index (χ4v) is 3.23. The fourth-order valence-electron chi connectivity index (χ4n) is 2.38. The van der Waals surface area contributed by atoms with Gasteiger partial charge < -0.3 is 10.2 Å². The van der Waals surface area contributed by atoms with Crippen LogP contribution in [0.25, 0.3) is 0 Å². The molecular formula is C11H16N4OS. The van der Waals surface area contributed by atoms with Gasteiger partial charge in [0.1, 0.15) is 5.00 Å². The molecule has 0 atom stereocenters. The van der Waals surface area contributed by atoms with E-state index in [0.717, 1.165) is 50.0 Å². The van der Waals surface area contributed by atoms with Crippen molar-refractivity contribution >= 4 is 28.1 Å². The van der Waals surface area contributed by atoms with Crippen molar-refractivity contribution in [3.05, 3.63) is 5.51 Å². The van der Waals surface area contributed by atoms with Crippen molar-refractivity contribution in [1.82, 2.24) is 10.3 Å². The minimum absolute atomic E-state index is 0.215. The molecule has 0 radical (unpaired) electrons. The molecule has 0 bridgehead atoms. The van der Waals surface area contributed by atoms with Gasteiger partial charge in [-0.2, -0.15) is 0 Å². The molecule has 1 N–H and O–H groups in total. The molecule has 17 heavy (non-hydrogen) atoms. The molecule has 2 aliphatic heterocycles. The maximum absolute atomic E-state index is 11.8. The van der Waals surface area contributed by atoms with Crippen molar-refractivity contribution < 1.29 is 4.79 Å². The highest BCUT2D eigenvalue weighted by Gasteiger charge is 2.28. The Balaban J connectivity index is 1.85. The Morgan fingerprint density at radius 3 is 2.82 bits per heavy atom. The summed E-state index contributed by atoms with van der Waals surface area (Å²) in [5.41, 5.74) is 1.85. The highest BCUT2D eigenvalue weighted by molar-refractivity contribution is 7.14. The molecule has 5 nitrogen and oxygen atoms in total. The zero-order valence-electron chi connectivity index (χ0n) is 9.69. The van der Waals surface area contributed by atoms with Gasteiger partial charge in [-0.05, 0) is 6.42 Å². The maximum Gasteiger partial charge on any atom is 0.228 e. The predicted molar refractivity (Wildman–Crippen MR) is 68.8 cm³/mol. The Morgan fingerprint density at radius 2 is 2.12 bits per heavy atom. The third kappa shape index (κ3) is 2.02. The Labute approximate surface area is 104 Å². The first-order chi connectivity index (χ1) is 8.36. The van der Waals surface area contributed by atoms with Crippen LogP contribution in [0.15, 0.2) is 5.51 Å². The summed E-state index contributed by atoms with van der Waals surface area (Å²) in [5.74, 6) is 1.09. The summed E-state index contributed by atoms with van der Waals surface area (Å²) >= 11 is 1.64. The van der Waals surface area contributed by atoms with E-state index in [2.05, 4.69) is 15.2 Å². The van der Waals surface area contributed by atoms with Crippen LogP contribution < -0.4 is 15.1 Å². The van der Waals surface area contributed by atoms with E-state index in [-0.39, 0.29) is 5.91 Å². The maximum atomic E-state index is 11.8. The second-order valence-corrected chi connectivity index (χ2v) is 5.20. The van der Waals surface area contributed by atoms with E-state index in [4.69, 9.17) is 0 Å². The highest BCUT2D eigenvalue weighted by atomic mass is 32.1. The van der Waals surface area contributed by atoms with Crippen molar-refractivity contribution in [3.8, 4) is 0 Å². The van der Waals surface area contributed by atoms with Gasteiger partial charge in [-0.3, -0.25) is 9.69 Å². The molecular weight excluding hydrogens is 236 g/mol.